The molecule has 1 fully saturated rings. The van der Waals surface area contributed by atoms with Crippen LogP contribution in [0.3, 0.4) is 0 Å². The summed E-state index contributed by atoms with van der Waals surface area (Å²) < 4.78 is 38.1. The number of benzene rings is 1. The van der Waals surface area contributed by atoms with Gasteiger partial charge in [0.15, 0.2) is 5.89 Å². The molecule has 4 rings (SSSR count). The van der Waals surface area contributed by atoms with E-state index in [2.05, 4.69) is 15.0 Å². The van der Waals surface area contributed by atoms with Gasteiger partial charge in [0.1, 0.15) is 23.6 Å². The zero-order valence-corrected chi connectivity index (χ0v) is 17.9. The molecule has 0 amide bonds. The van der Waals surface area contributed by atoms with Gasteiger partial charge < -0.3 is 14.1 Å². The number of anilines is 1. The van der Waals surface area contributed by atoms with Crippen LogP contribution in [0.1, 0.15) is 11.7 Å². The molecule has 1 aromatic carbocycles. The Bertz CT molecular complexity index is 1140. The highest BCUT2D eigenvalue weighted by Gasteiger charge is 2.29. The maximum absolute atomic E-state index is 13.1. The van der Waals surface area contributed by atoms with Crippen molar-refractivity contribution in [2.75, 3.05) is 38.2 Å². The summed E-state index contributed by atoms with van der Waals surface area (Å²) in [7, 11) is -2.02. The molecule has 3 heterocycles. The van der Waals surface area contributed by atoms with Crippen molar-refractivity contribution >= 4 is 15.8 Å². The van der Waals surface area contributed by atoms with Crippen molar-refractivity contribution in [1.82, 2.24) is 19.3 Å². The number of ether oxygens (including phenoxy) is 1. The minimum atomic E-state index is -3.58. The van der Waals surface area contributed by atoms with E-state index < -0.39 is 10.0 Å². The van der Waals surface area contributed by atoms with E-state index in [1.807, 2.05) is 4.90 Å². The lowest BCUT2D eigenvalue weighted by atomic mass is 10.2. The van der Waals surface area contributed by atoms with Crippen molar-refractivity contribution < 1.29 is 17.6 Å². The van der Waals surface area contributed by atoms with E-state index in [1.54, 1.807) is 57.6 Å². The molecular weight excluding hydrogens is 406 g/mol. The standard InChI is InChI=1S/C20H23N5O4S/c1-14-21-19(12-20(22-14)28-3)24-8-10-25(11-9-24)30(26,27)17-6-4-16(5-7-17)18-13-29-15(2)23-18/h4-7,12-13H,8-11H2,1-3H3. The van der Waals surface area contributed by atoms with Gasteiger partial charge in [-0.05, 0) is 19.1 Å². The van der Waals surface area contributed by atoms with E-state index in [4.69, 9.17) is 9.15 Å². The molecule has 2 aromatic heterocycles. The van der Waals surface area contributed by atoms with Gasteiger partial charge in [-0.3, -0.25) is 0 Å². The lowest BCUT2D eigenvalue weighted by Gasteiger charge is -2.34. The smallest absolute Gasteiger partial charge is 0.243 e. The highest BCUT2D eigenvalue weighted by molar-refractivity contribution is 7.89. The van der Waals surface area contributed by atoms with E-state index >= 15 is 0 Å². The molecule has 10 heteroatoms. The zero-order chi connectivity index (χ0) is 21.3. The first kappa shape index (κ1) is 20.3. The Morgan fingerprint density at radius 3 is 2.30 bits per heavy atom. The van der Waals surface area contributed by atoms with Crippen molar-refractivity contribution in [2.45, 2.75) is 18.7 Å². The maximum atomic E-state index is 13.1. The average molecular weight is 430 g/mol. The first-order valence-electron chi connectivity index (χ1n) is 9.54. The number of hydrogen-bond donors (Lipinski definition) is 0. The molecule has 0 N–H and O–H groups in total. The summed E-state index contributed by atoms with van der Waals surface area (Å²) in [5.74, 6) is 2.41. The van der Waals surface area contributed by atoms with Crippen molar-refractivity contribution in [1.29, 1.82) is 0 Å². The van der Waals surface area contributed by atoms with Gasteiger partial charge in [-0.1, -0.05) is 12.1 Å². The molecule has 1 aliphatic rings. The van der Waals surface area contributed by atoms with E-state index in [9.17, 15) is 8.42 Å². The molecule has 158 valence electrons. The van der Waals surface area contributed by atoms with Crippen LogP contribution in [0.5, 0.6) is 5.88 Å². The van der Waals surface area contributed by atoms with Crippen molar-refractivity contribution in [3.8, 4) is 17.1 Å². The molecule has 3 aromatic rings. The topological polar surface area (TPSA) is 102 Å². The normalized spacial score (nSPS) is 15.4. The van der Waals surface area contributed by atoms with Crippen molar-refractivity contribution in [2.24, 2.45) is 0 Å². The van der Waals surface area contributed by atoms with Gasteiger partial charge in [-0.2, -0.15) is 9.29 Å². The summed E-state index contributed by atoms with van der Waals surface area (Å²) in [5, 5.41) is 0. The maximum Gasteiger partial charge on any atom is 0.243 e. The van der Waals surface area contributed by atoms with Crippen molar-refractivity contribution in [3.05, 3.63) is 48.3 Å². The van der Waals surface area contributed by atoms with Crippen LogP contribution in [0, 0.1) is 13.8 Å². The van der Waals surface area contributed by atoms with Crippen LogP contribution < -0.4 is 9.64 Å². The minimum Gasteiger partial charge on any atom is -0.481 e. The van der Waals surface area contributed by atoms with E-state index in [0.717, 1.165) is 11.4 Å². The first-order valence-corrected chi connectivity index (χ1v) is 11.0. The van der Waals surface area contributed by atoms with Crippen LogP contribution in [-0.2, 0) is 10.0 Å². The van der Waals surface area contributed by atoms with Gasteiger partial charge in [0.25, 0.3) is 0 Å². The Balaban J connectivity index is 1.47. The van der Waals surface area contributed by atoms with Crippen LogP contribution >= 0.6 is 0 Å². The minimum absolute atomic E-state index is 0.263. The van der Waals surface area contributed by atoms with E-state index in [1.165, 1.54) is 4.31 Å². The molecule has 0 spiro atoms. The molecule has 0 bridgehead atoms. The van der Waals surface area contributed by atoms with Gasteiger partial charge in [-0.15, -0.1) is 0 Å². The second kappa shape index (κ2) is 8.04. The Hall–Kier alpha value is -2.98. The van der Waals surface area contributed by atoms with Gasteiger partial charge in [0, 0.05) is 44.7 Å². The lowest BCUT2D eigenvalue weighted by Crippen LogP contribution is -2.49. The third-order valence-corrected chi connectivity index (χ3v) is 6.89. The second-order valence-electron chi connectivity index (χ2n) is 6.98. The molecule has 0 unspecified atom stereocenters. The van der Waals surface area contributed by atoms with Gasteiger partial charge in [0.2, 0.25) is 15.9 Å². The number of oxazole rings is 1. The zero-order valence-electron chi connectivity index (χ0n) is 17.1. The Morgan fingerprint density at radius 2 is 1.70 bits per heavy atom. The monoisotopic (exact) mass is 429 g/mol. The highest BCUT2D eigenvalue weighted by atomic mass is 32.2. The third kappa shape index (κ3) is 4.01. The molecule has 0 atom stereocenters. The van der Waals surface area contributed by atoms with Crippen LogP contribution in [0.25, 0.3) is 11.3 Å². The summed E-state index contributed by atoms with van der Waals surface area (Å²) in [4.78, 5) is 15.2. The Kier molecular flexibility index (Phi) is 5.44. The summed E-state index contributed by atoms with van der Waals surface area (Å²) in [6, 6.07) is 8.48. The van der Waals surface area contributed by atoms with Gasteiger partial charge in [-0.25, -0.2) is 18.4 Å². The second-order valence-corrected chi connectivity index (χ2v) is 8.92. The number of aromatic nitrogens is 3. The predicted octanol–water partition coefficient (Wildman–Crippen LogP) is 2.27. The summed E-state index contributed by atoms with van der Waals surface area (Å²) in [6.07, 6.45) is 1.56. The number of sulfonamides is 1. The Morgan fingerprint density at radius 1 is 1.00 bits per heavy atom. The molecule has 1 saturated heterocycles. The van der Waals surface area contributed by atoms with E-state index in [0.29, 0.717) is 49.5 Å². The van der Waals surface area contributed by atoms with Crippen LogP contribution in [0.15, 0.2) is 45.9 Å². The van der Waals surface area contributed by atoms with Crippen molar-refractivity contribution in [3.63, 3.8) is 0 Å². The fraction of sp³-hybridized carbons (Fsp3) is 0.350. The quantitative estimate of drug-likeness (QED) is 0.609. The number of methoxy groups -OCH3 is 1. The summed E-state index contributed by atoms with van der Waals surface area (Å²) >= 11 is 0. The number of hydrogen-bond acceptors (Lipinski definition) is 8. The number of piperazine rings is 1. The molecule has 30 heavy (non-hydrogen) atoms. The largest absolute Gasteiger partial charge is 0.481 e. The average Bonchev–Trinajstić information content (AvgIpc) is 3.20. The van der Waals surface area contributed by atoms with Crippen LogP contribution in [0.4, 0.5) is 5.82 Å². The van der Waals surface area contributed by atoms with Gasteiger partial charge in [0.05, 0.1) is 12.0 Å². The fourth-order valence-corrected chi connectivity index (χ4v) is 4.81. The molecule has 1 aliphatic heterocycles. The first-order chi connectivity index (χ1) is 14.4. The highest BCUT2D eigenvalue weighted by Crippen LogP contribution is 2.25. The Labute approximate surface area is 175 Å². The SMILES string of the molecule is COc1cc(N2CCN(S(=O)(=O)c3ccc(-c4coc(C)n4)cc3)CC2)nc(C)n1. The predicted molar refractivity (Wildman–Crippen MR) is 111 cm³/mol. The molecule has 0 radical (unpaired) electrons. The molecular formula is C20H23N5O4S. The summed E-state index contributed by atoms with van der Waals surface area (Å²) in [5.41, 5.74) is 1.49. The number of rotatable bonds is 5. The van der Waals surface area contributed by atoms with Crippen LogP contribution in [-0.4, -0.2) is 61.0 Å². The number of nitrogens with zero attached hydrogens (tertiary/aromatic N) is 5. The van der Waals surface area contributed by atoms with E-state index in [-0.39, 0.29) is 4.90 Å². The van der Waals surface area contributed by atoms with Crippen LogP contribution in [0.2, 0.25) is 0 Å². The molecule has 9 nitrogen and oxygen atoms in total. The summed E-state index contributed by atoms with van der Waals surface area (Å²) in [6.45, 7) is 5.39. The third-order valence-electron chi connectivity index (χ3n) is 4.98. The molecule has 0 aliphatic carbocycles. The number of aryl methyl sites for hydroxylation is 2. The van der Waals surface area contributed by atoms with Gasteiger partial charge >= 0.3 is 0 Å². The fourth-order valence-electron chi connectivity index (χ4n) is 3.39. The lowest BCUT2D eigenvalue weighted by molar-refractivity contribution is 0.380. The molecule has 0 saturated carbocycles.